The molecule has 3 rings (SSSR count). The monoisotopic (exact) mass is 287 g/mol. The van der Waals surface area contributed by atoms with Gasteiger partial charge in [-0.05, 0) is 31.5 Å². The molecule has 5 nitrogen and oxygen atoms in total. The molecular weight excluding hydrogens is 270 g/mol. The predicted octanol–water partition coefficient (Wildman–Crippen LogP) is 1.98. The van der Waals surface area contributed by atoms with Gasteiger partial charge in [0.05, 0.1) is 17.6 Å². The topological polar surface area (TPSA) is 75.6 Å². The first-order chi connectivity index (χ1) is 9.90. The summed E-state index contributed by atoms with van der Waals surface area (Å²) in [5.41, 5.74) is 0.846. The Kier molecular flexibility index (Phi) is 3.10. The van der Waals surface area contributed by atoms with Gasteiger partial charge in [-0.25, -0.2) is 0 Å². The van der Waals surface area contributed by atoms with Crippen LogP contribution in [0.15, 0.2) is 36.4 Å². The van der Waals surface area contributed by atoms with Crippen LogP contribution in [0, 0.1) is 18.8 Å². The van der Waals surface area contributed by atoms with Gasteiger partial charge in [0.15, 0.2) is 0 Å². The highest BCUT2D eigenvalue weighted by Crippen LogP contribution is 2.47. The summed E-state index contributed by atoms with van der Waals surface area (Å²) >= 11 is 0. The van der Waals surface area contributed by atoms with Gasteiger partial charge in [-0.3, -0.25) is 9.59 Å². The van der Waals surface area contributed by atoms with Gasteiger partial charge < -0.3 is 15.2 Å². The maximum Gasteiger partial charge on any atom is 0.310 e. The van der Waals surface area contributed by atoms with Gasteiger partial charge in [-0.1, -0.05) is 24.3 Å². The van der Waals surface area contributed by atoms with Crippen LogP contribution < -0.4 is 5.32 Å². The van der Waals surface area contributed by atoms with Gasteiger partial charge >= 0.3 is 5.97 Å². The fourth-order valence-electron chi connectivity index (χ4n) is 3.22. The molecule has 0 aliphatic carbocycles. The lowest BCUT2D eigenvalue weighted by Gasteiger charge is -2.27. The average molecular weight is 287 g/mol. The van der Waals surface area contributed by atoms with E-state index in [-0.39, 0.29) is 5.91 Å². The minimum atomic E-state index is -1.00. The van der Waals surface area contributed by atoms with Crippen LogP contribution in [0.25, 0.3) is 0 Å². The van der Waals surface area contributed by atoms with Gasteiger partial charge in [0.25, 0.3) is 0 Å². The lowest BCUT2D eigenvalue weighted by molar-refractivity contribution is -0.146. The molecule has 1 saturated heterocycles. The Morgan fingerprint density at radius 1 is 1.38 bits per heavy atom. The highest BCUT2D eigenvalue weighted by atomic mass is 16.5. The standard InChI is InChI=1S/C16H17NO4/c1-9-4-3-5-10(8-9)17-14(18)13-12(15(19)20)11-6-7-16(13,2)21-11/h3-8,11-13H,1-2H3,(H,17,18)(H,19,20)/t11-,12+,13+,16-/m1/s1. The predicted molar refractivity (Wildman–Crippen MR) is 76.8 cm³/mol. The SMILES string of the molecule is Cc1cccc(NC(=O)[C@@H]2[C@@H](C(=O)O)[C@H]3C=C[C@@]2(C)O3)c1. The minimum Gasteiger partial charge on any atom is -0.481 e. The highest BCUT2D eigenvalue weighted by molar-refractivity contribution is 5.97. The summed E-state index contributed by atoms with van der Waals surface area (Å²) in [6.07, 6.45) is 2.99. The summed E-state index contributed by atoms with van der Waals surface area (Å²) in [5, 5.41) is 12.2. The lowest BCUT2D eigenvalue weighted by atomic mass is 9.75. The molecule has 1 aromatic carbocycles. The molecule has 0 radical (unpaired) electrons. The third kappa shape index (κ3) is 2.23. The van der Waals surface area contributed by atoms with Crippen LogP contribution in [0.3, 0.4) is 0 Å². The van der Waals surface area contributed by atoms with Crippen LogP contribution in [0.5, 0.6) is 0 Å². The fraction of sp³-hybridized carbons (Fsp3) is 0.375. The van der Waals surface area contributed by atoms with E-state index in [2.05, 4.69) is 5.32 Å². The Morgan fingerprint density at radius 2 is 2.14 bits per heavy atom. The van der Waals surface area contributed by atoms with Crippen molar-refractivity contribution in [3.05, 3.63) is 42.0 Å². The summed E-state index contributed by atoms with van der Waals surface area (Å²) in [7, 11) is 0. The van der Waals surface area contributed by atoms with E-state index in [0.29, 0.717) is 5.69 Å². The molecule has 21 heavy (non-hydrogen) atoms. The molecule has 2 N–H and O–H groups in total. The zero-order valence-corrected chi connectivity index (χ0v) is 11.9. The summed E-state index contributed by atoms with van der Waals surface area (Å²) in [6.45, 7) is 3.69. The Morgan fingerprint density at radius 3 is 2.81 bits per heavy atom. The van der Waals surface area contributed by atoms with Gasteiger partial charge in [0, 0.05) is 5.69 Å². The van der Waals surface area contributed by atoms with E-state index in [1.807, 2.05) is 25.1 Å². The fourth-order valence-corrected chi connectivity index (χ4v) is 3.22. The van der Waals surface area contributed by atoms with Crippen LogP contribution in [0.1, 0.15) is 12.5 Å². The number of fused-ring (bicyclic) bond motifs is 2. The first kappa shape index (κ1) is 13.8. The van der Waals surface area contributed by atoms with Crippen molar-refractivity contribution in [2.24, 2.45) is 11.8 Å². The molecule has 1 fully saturated rings. The Balaban J connectivity index is 1.86. The van der Waals surface area contributed by atoms with E-state index >= 15 is 0 Å². The molecule has 110 valence electrons. The van der Waals surface area contributed by atoms with Crippen molar-refractivity contribution in [1.29, 1.82) is 0 Å². The Hall–Kier alpha value is -2.14. The normalized spacial score (nSPS) is 33.1. The van der Waals surface area contributed by atoms with Crippen molar-refractivity contribution in [2.45, 2.75) is 25.6 Å². The van der Waals surface area contributed by atoms with Crippen molar-refractivity contribution in [1.82, 2.24) is 0 Å². The molecule has 0 saturated carbocycles. The van der Waals surface area contributed by atoms with E-state index in [4.69, 9.17) is 4.74 Å². The van der Waals surface area contributed by atoms with E-state index in [9.17, 15) is 14.7 Å². The summed E-state index contributed by atoms with van der Waals surface area (Å²) in [4.78, 5) is 24.0. The molecule has 0 spiro atoms. The maximum atomic E-state index is 12.5. The molecule has 0 aromatic heterocycles. The number of nitrogens with one attached hydrogen (secondary N) is 1. The number of aryl methyl sites for hydroxylation is 1. The van der Waals surface area contributed by atoms with E-state index < -0.39 is 29.5 Å². The number of carbonyl (C=O) groups is 2. The first-order valence-corrected chi connectivity index (χ1v) is 6.88. The van der Waals surface area contributed by atoms with Crippen molar-refractivity contribution >= 4 is 17.6 Å². The zero-order chi connectivity index (χ0) is 15.2. The largest absolute Gasteiger partial charge is 0.481 e. The number of carboxylic acids is 1. The highest BCUT2D eigenvalue weighted by Gasteiger charge is 2.59. The first-order valence-electron chi connectivity index (χ1n) is 6.88. The van der Waals surface area contributed by atoms with Gasteiger partial charge in [-0.2, -0.15) is 0 Å². The summed E-state index contributed by atoms with van der Waals surface area (Å²) in [6, 6.07) is 7.41. The number of rotatable bonds is 3. The van der Waals surface area contributed by atoms with E-state index in [1.54, 1.807) is 25.1 Å². The number of ether oxygens (including phenoxy) is 1. The molecule has 2 heterocycles. The number of carboxylic acid groups (broad SMARTS) is 1. The molecule has 0 unspecified atom stereocenters. The number of anilines is 1. The average Bonchev–Trinajstić information content (AvgIpc) is 2.91. The van der Waals surface area contributed by atoms with Crippen LogP contribution >= 0.6 is 0 Å². The maximum absolute atomic E-state index is 12.5. The second-order valence-electron chi connectivity index (χ2n) is 5.83. The number of aliphatic carboxylic acids is 1. The molecule has 2 bridgehead atoms. The number of hydrogen-bond donors (Lipinski definition) is 2. The lowest BCUT2D eigenvalue weighted by Crippen LogP contribution is -2.44. The molecule has 1 aromatic rings. The van der Waals surface area contributed by atoms with E-state index in [1.165, 1.54) is 0 Å². The van der Waals surface area contributed by atoms with Gasteiger partial charge in [0.1, 0.15) is 5.92 Å². The zero-order valence-electron chi connectivity index (χ0n) is 11.9. The summed E-state index contributed by atoms with van der Waals surface area (Å²) < 4.78 is 5.68. The molecule has 5 heteroatoms. The van der Waals surface area contributed by atoms with Crippen molar-refractivity contribution in [3.63, 3.8) is 0 Å². The van der Waals surface area contributed by atoms with Crippen LogP contribution in [0.2, 0.25) is 0 Å². The number of carbonyl (C=O) groups excluding carboxylic acids is 1. The van der Waals surface area contributed by atoms with Crippen molar-refractivity contribution in [3.8, 4) is 0 Å². The second kappa shape index (κ2) is 4.70. The second-order valence-corrected chi connectivity index (χ2v) is 5.83. The summed E-state index contributed by atoms with van der Waals surface area (Å²) in [5.74, 6) is -2.89. The quantitative estimate of drug-likeness (QED) is 0.833. The smallest absolute Gasteiger partial charge is 0.310 e. The minimum absolute atomic E-state index is 0.317. The molecule has 1 amide bonds. The Labute approximate surface area is 122 Å². The molecule has 4 atom stereocenters. The van der Waals surface area contributed by atoms with Gasteiger partial charge in [-0.15, -0.1) is 0 Å². The molecule has 2 aliphatic heterocycles. The third-order valence-electron chi connectivity index (χ3n) is 4.19. The van der Waals surface area contributed by atoms with Crippen LogP contribution in [0.4, 0.5) is 5.69 Å². The molecular formula is C16H17NO4. The number of hydrogen-bond acceptors (Lipinski definition) is 3. The molecule has 2 aliphatic rings. The van der Waals surface area contributed by atoms with Crippen molar-refractivity contribution in [2.75, 3.05) is 5.32 Å². The number of benzene rings is 1. The number of amides is 1. The van der Waals surface area contributed by atoms with Crippen molar-refractivity contribution < 1.29 is 19.4 Å². The van der Waals surface area contributed by atoms with Crippen LogP contribution in [-0.2, 0) is 14.3 Å². The Bertz CT molecular complexity index is 639. The van der Waals surface area contributed by atoms with Crippen LogP contribution in [-0.4, -0.2) is 28.7 Å². The van der Waals surface area contributed by atoms with E-state index in [0.717, 1.165) is 5.56 Å². The van der Waals surface area contributed by atoms with Gasteiger partial charge in [0.2, 0.25) is 5.91 Å². The third-order valence-corrected chi connectivity index (χ3v) is 4.19.